The lowest BCUT2D eigenvalue weighted by atomic mass is 10.1. The predicted molar refractivity (Wildman–Crippen MR) is 74.6 cm³/mol. The van der Waals surface area contributed by atoms with Crippen molar-refractivity contribution in [3.05, 3.63) is 35.1 Å². The smallest absolute Gasteiger partial charge is 0.322 e. The van der Waals surface area contributed by atoms with Gasteiger partial charge in [-0.25, -0.2) is 4.39 Å². The highest BCUT2D eigenvalue weighted by molar-refractivity contribution is 5.75. The van der Waals surface area contributed by atoms with Crippen LogP contribution in [-0.4, -0.2) is 25.7 Å². The first-order chi connectivity index (χ1) is 9.54. The molecule has 0 aromatic heterocycles. The van der Waals surface area contributed by atoms with Gasteiger partial charge in [0, 0.05) is 6.61 Å². The number of nitrogens with two attached hydrogens (primary N) is 1. The zero-order valence-electron chi connectivity index (χ0n) is 12.0. The van der Waals surface area contributed by atoms with Gasteiger partial charge in [-0.15, -0.1) is 0 Å². The number of esters is 1. The molecule has 1 rings (SSSR count). The minimum absolute atomic E-state index is 0.203. The molecule has 0 bridgehead atoms. The molecule has 1 atom stereocenters. The topological polar surface area (TPSA) is 61.5 Å². The summed E-state index contributed by atoms with van der Waals surface area (Å²) in [5.41, 5.74) is 7.19. The summed E-state index contributed by atoms with van der Waals surface area (Å²) >= 11 is 0. The largest absolute Gasteiger partial charge is 0.468 e. The van der Waals surface area contributed by atoms with Gasteiger partial charge in [0.2, 0.25) is 0 Å². The number of aryl methyl sites for hydroxylation is 1. The number of ether oxygens (including phenoxy) is 2. The van der Waals surface area contributed by atoms with Crippen molar-refractivity contribution in [1.82, 2.24) is 0 Å². The minimum atomic E-state index is -0.556. The van der Waals surface area contributed by atoms with Gasteiger partial charge in [0.25, 0.3) is 0 Å². The Hall–Kier alpha value is -1.46. The van der Waals surface area contributed by atoms with Crippen LogP contribution in [0.25, 0.3) is 0 Å². The van der Waals surface area contributed by atoms with Crippen LogP contribution in [0.5, 0.6) is 0 Å². The Morgan fingerprint density at radius 1 is 1.40 bits per heavy atom. The Morgan fingerprint density at radius 3 is 2.80 bits per heavy atom. The van der Waals surface area contributed by atoms with Crippen molar-refractivity contribution in [1.29, 1.82) is 0 Å². The van der Waals surface area contributed by atoms with Gasteiger partial charge in [-0.1, -0.05) is 12.1 Å². The first-order valence-electron chi connectivity index (χ1n) is 6.70. The molecule has 112 valence electrons. The fourth-order valence-corrected chi connectivity index (χ4v) is 1.82. The van der Waals surface area contributed by atoms with Gasteiger partial charge < -0.3 is 15.2 Å². The number of hydrogen-bond acceptors (Lipinski definition) is 4. The van der Waals surface area contributed by atoms with Crippen LogP contribution < -0.4 is 5.73 Å². The minimum Gasteiger partial charge on any atom is -0.468 e. The predicted octanol–water partition coefficient (Wildman–Crippen LogP) is 2.32. The third-order valence-corrected chi connectivity index (χ3v) is 3.05. The summed E-state index contributed by atoms with van der Waals surface area (Å²) in [4.78, 5) is 11.1. The van der Waals surface area contributed by atoms with E-state index in [1.165, 1.54) is 13.2 Å². The van der Waals surface area contributed by atoms with Crippen LogP contribution in [0.15, 0.2) is 18.2 Å². The van der Waals surface area contributed by atoms with Gasteiger partial charge in [0.05, 0.1) is 13.7 Å². The molecule has 0 spiro atoms. The fraction of sp³-hybridized carbons (Fsp3) is 0.533. The SMILES string of the molecule is COC(=O)C(N)CCCCOCc1ccc(F)c(C)c1. The lowest BCUT2D eigenvalue weighted by molar-refractivity contribution is -0.142. The summed E-state index contributed by atoms with van der Waals surface area (Å²) in [6.07, 6.45) is 2.22. The van der Waals surface area contributed by atoms with Crippen molar-refractivity contribution in [3.8, 4) is 0 Å². The highest BCUT2D eigenvalue weighted by Gasteiger charge is 2.12. The summed E-state index contributed by atoms with van der Waals surface area (Å²) in [6.45, 7) is 2.78. The monoisotopic (exact) mass is 283 g/mol. The molecule has 1 aromatic rings. The van der Waals surface area contributed by atoms with Crippen LogP contribution in [0.4, 0.5) is 4.39 Å². The summed E-state index contributed by atoms with van der Waals surface area (Å²) in [5, 5.41) is 0. The van der Waals surface area contributed by atoms with Crippen molar-refractivity contribution >= 4 is 5.97 Å². The van der Waals surface area contributed by atoms with Gasteiger partial charge in [0.15, 0.2) is 0 Å². The lowest BCUT2D eigenvalue weighted by Crippen LogP contribution is -2.31. The number of unbranched alkanes of at least 4 members (excludes halogenated alkanes) is 1. The van der Waals surface area contributed by atoms with Crippen molar-refractivity contribution in [2.45, 2.75) is 38.8 Å². The Balaban J connectivity index is 2.13. The zero-order valence-corrected chi connectivity index (χ0v) is 12.0. The standard InChI is InChI=1S/C15H22FNO3/c1-11-9-12(6-7-13(11)16)10-20-8-4-3-5-14(17)15(18)19-2/h6-7,9,14H,3-5,8,10,17H2,1-2H3. The van der Waals surface area contributed by atoms with E-state index in [2.05, 4.69) is 4.74 Å². The number of benzene rings is 1. The molecular weight excluding hydrogens is 261 g/mol. The first kappa shape index (κ1) is 16.6. The number of methoxy groups -OCH3 is 1. The van der Waals surface area contributed by atoms with Crippen LogP contribution in [0, 0.1) is 12.7 Å². The molecule has 0 saturated heterocycles. The van der Waals surface area contributed by atoms with E-state index >= 15 is 0 Å². The maximum absolute atomic E-state index is 13.1. The van der Waals surface area contributed by atoms with E-state index in [0.29, 0.717) is 25.2 Å². The molecule has 5 heteroatoms. The van der Waals surface area contributed by atoms with Crippen LogP contribution in [0.2, 0.25) is 0 Å². The van der Waals surface area contributed by atoms with E-state index in [4.69, 9.17) is 10.5 Å². The van der Waals surface area contributed by atoms with Crippen molar-refractivity contribution in [2.24, 2.45) is 5.73 Å². The first-order valence-corrected chi connectivity index (χ1v) is 6.70. The number of halogens is 1. The average Bonchev–Trinajstić information content (AvgIpc) is 2.45. The molecular formula is C15H22FNO3. The fourth-order valence-electron chi connectivity index (χ4n) is 1.82. The van der Waals surface area contributed by atoms with E-state index < -0.39 is 6.04 Å². The van der Waals surface area contributed by atoms with Crippen molar-refractivity contribution in [3.63, 3.8) is 0 Å². The maximum atomic E-state index is 13.1. The molecule has 0 fully saturated rings. The van der Waals surface area contributed by atoms with E-state index in [-0.39, 0.29) is 11.8 Å². The number of carbonyl (C=O) groups is 1. The Bertz CT molecular complexity index is 437. The average molecular weight is 283 g/mol. The molecule has 0 heterocycles. The molecule has 0 aliphatic carbocycles. The molecule has 1 unspecified atom stereocenters. The van der Waals surface area contributed by atoms with Gasteiger partial charge in [0.1, 0.15) is 11.9 Å². The second-order valence-electron chi connectivity index (χ2n) is 4.76. The molecule has 0 aliphatic heterocycles. The number of carbonyl (C=O) groups excluding carboxylic acids is 1. The number of hydrogen-bond donors (Lipinski definition) is 1. The summed E-state index contributed by atoms with van der Waals surface area (Å²) in [6, 6.07) is 4.39. The second kappa shape index (κ2) is 8.66. The van der Waals surface area contributed by atoms with E-state index in [1.54, 1.807) is 19.1 Å². The van der Waals surface area contributed by atoms with E-state index in [1.807, 2.05) is 0 Å². The zero-order chi connectivity index (χ0) is 15.0. The highest BCUT2D eigenvalue weighted by atomic mass is 19.1. The molecule has 0 saturated carbocycles. The maximum Gasteiger partial charge on any atom is 0.322 e. The summed E-state index contributed by atoms with van der Waals surface area (Å²) < 4.78 is 23.1. The second-order valence-corrected chi connectivity index (χ2v) is 4.76. The summed E-state index contributed by atoms with van der Waals surface area (Å²) in [5.74, 6) is -0.585. The van der Waals surface area contributed by atoms with Gasteiger partial charge >= 0.3 is 5.97 Å². The van der Waals surface area contributed by atoms with Crippen molar-refractivity contribution in [2.75, 3.05) is 13.7 Å². The van der Waals surface area contributed by atoms with Crippen LogP contribution in [-0.2, 0) is 20.9 Å². The Kier molecular flexibility index (Phi) is 7.18. The Labute approximate surface area is 119 Å². The van der Waals surface area contributed by atoms with Crippen LogP contribution in [0.1, 0.15) is 30.4 Å². The molecule has 0 aliphatic rings. The molecule has 1 aromatic carbocycles. The quantitative estimate of drug-likeness (QED) is 0.587. The van der Waals surface area contributed by atoms with E-state index in [0.717, 1.165) is 18.4 Å². The van der Waals surface area contributed by atoms with Gasteiger partial charge in [-0.05, 0) is 43.4 Å². The molecule has 0 amide bonds. The third kappa shape index (κ3) is 5.67. The molecule has 4 nitrogen and oxygen atoms in total. The molecule has 20 heavy (non-hydrogen) atoms. The number of rotatable bonds is 8. The third-order valence-electron chi connectivity index (χ3n) is 3.05. The van der Waals surface area contributed by atoms with Crippen LogP contribution >= 0.6 is 0 Å². The van der Waals surface area contributed by atoms with E-state index in [9.17, 15) is 9.18 Å². The van der Waals surface area contributed by atoms with Gasteiger partial charge in [-0.3, -0.25) is 4.79 Å². The highest BCUT2D eigenvalue weighted by Crippen LogP contribution is 2.10. The van der Waals surface area contributed by atoms with Crippen LogP contribution in [0.3, 0.4) is 0 Å². The normalized spacial score (nSPS) is 12.2. The van der Waals surface area contributed by atoms with Crippen molar-refractivity contribution < 1.29 is 18.7 Å². The summed E-state index contributed by atoms with van der Waals surface area (Å²) in [7, 11) is 1.33. The molecule has 2 N–H and O–H groups in total. The van der Waals surface area contributed by atoms with Gasteiger partial charge in [-0.2, -0.15) is 0 Å². The Morgan fingerprint density at radius 2 is 2.15 bits per heavy atom. The lowest BCUT2D eigenvalue weighted by Gasteiger charge is -2.09. The molecule has 0 radical (unpaired) electrons.